The van der Waals surface area contributed by atoms with Gasteiger partial charge in [0.1, 0.15) is 5.78 Å². The Hall–Kier alpha value is -2.52. The highest BCUT2D eigenvalue weighted by molar-refractivity contribution is 7.26. The lowest BCUT2D eigenvalue weighted by molar-refractivity contribution is -0.116. The van der Waals surface area contributed by atoms with Crippen molar-refractivity contribution in [3.63, 3.8) is 0 Å². The fourth-order valence-electron chi connectivity index (χ4n) is 2.92. The molecule has 0 radical (unpaired) electrons. The van der Waals surface area contributed by atoms with Crippen molar-refractivity contribution in [2.45, 2.75) is 13.3 Å². The van der Waals surface area contributed by atoms with Crippen molar-refractivity contribution in [3.05, 3.63) is 66.4 Å². The molecule has 0 saturated heterocycles. The van der Waals surface area contributed by atoms with Crippen LogP contribution in [0.1, 0.15) is 12.5 Å². The molecule has 2 nitrogen and oxygen atoms in total. The molecule has 23 heavy (non-hydrogen) atoms. The van der Waals surface area contributed by atoms with E-state index in [9.17, 15) is 4.79 Å². The van der Waals surface area contributed by atoms with E-state index in [0.717, 1.165) is 16.8 Å². The smallest absolute Gasteiger partial charge is 0.134 e. The Kier molecular flexibility index (Phi) is 3.43. The maximum atomic E-state index is 11.2. The number of carbonyl (C=O) groups is 1. The van der Waals surface area contributed by atoms with Gasteiger partial charge in [0.25, 0.3) is 0 Å². The molecule has 0 amide bonds. The van der Waals surface area contributed by atoms with E-state index in [1.54, 1.807) is 18.3 Å². The predicted octanol–water partition coefficient (Wildman–Crippen LogP) is 5.25. The first-order chi connectivity index (χ1) is 11.2. The molecular weight excluding hydrogens is 302 g/mol. The van der Waals surface area contributed by atoms with Gasteiger partial charge >= 0.3 is 0 Å². The highest BCUT2D eigenvalue weighted by Gasteiger charge is 2.10. The quantitative estimate of drug-likeness (QED) is 0.516. The summed E-state index contributed by atoms with van der Waals surface area (Å²) in [6.45, 7) is 1.60. The van der Waals surface area contributed by atoms with Crippen LogP contribution in [0.5, 0.6) is 0 Å². The number of nitrogens with zero attached hydrogens (tertiary/aromatic N) is 1. The van der Waals surface area contributed by atoms with Gasteiger partial charge in [-0.1, -0.05) is 42.5 Å². The molecule has 3 heteroatoms. The third-order valence-corrected chi connectivity index (χ3v) is 5.18. The van der Waals surface area contributed by atoms with Crippen LogP contribution in [0.2, 0.25) is 0 Å². The summed E-state index contributed by atoms with van der Waals surface area (Å²) < 4.78 is 2.56. The molecule has 0 aliphatic carbocycles. The van der Waals surface area contributed by atoms with Crippen LogP contribution in [0.25, 0.3) is 31.4 Å². The second kappa shape index (κ2) is 5.60. The van der Waals surface area contributed by atoms with Crippen LogP contribution in [0.15, 0.2) is 60.8 Å². The number of carbonyl (C=O) groups excluding carboxylic acids is 1. The van der Waals surface area contributed by atoms with Crippen LogP contribution in [0, 0.1) is 0 Å². The van der Waals surface area contributed by atoms with Gasteiger partial charge < -0.3 is 0 Å². The first-order valence-corrected chi connectivity index (χ1v) is 8.39. The first-order valence-electron chi connectivity index (χ1n) is 7.57. The van der Waals surface area contributed by atoms with E-state index in [0.29, 0.717) is 6.42 Å². The van der Waals surface area contributed by atoms with Crippen molar-refractivity contribution in [2.75, 3.05) is 0 Å². The lowest BCUT2D eigenvalue weighted by Gasteiger charge is -2.04. The minimum atomic E-state index is 0.158. The van der Waals surface area contributed by atoms with Crippen molar-refractivity contribution in [1.29, 1.82) is 0 Å². The van der Waals surface area contributed by atoms with Crippen LogP contribution in [0.4, 0.5) is 0 Å². The average molecular weight is 317 g/mol. The van der Waals surface area contributed by atoms with Crippen LogP contribution < -0.4 is 0 Å². The zero-order valence-corrected chi connectivity index (χ0v) is 13.6. The number of hydrogen-bond acceptors (Lipinski definition) is 3. The van der Waals surface area contributed by atoms with E-state index < -0.39 is 0 Å². The van der Waals surface area contributed by atoms with Gasteiger partial charge in [0.15, 0.2) is 0 Å². The zero-order chi connectivity index (χ0) is 15.8. The summed E-state index contributed by atoms with van der Waals surface area (Å²) >= 11 is 1.80. The normalized spacial score (nSPS) is 11.2. The Balaban J connectivity index is 1.86. The van der Waals surface area contributed by atoms with Crippen LogP contribution >= 0.6 is 11.3 Å². The molecule has 2 heterocycles. The molecule has 0 unspecified atom stereocenters. The maximum absolute atomic E-state index is 11.2. The van der Waals surface area contributed by atoms with Gasteiger partial charge in [-0.2, -0.15) is 0 Å². The van der Waals surface area contributed by atoms with E-state index in [2.05, 4.69) is 47.4 Å². The number of benzene rings is 2. The molecule has 2 aromatic heterocycles. The molecule has 0 bridgehead atoms. The molecule has 0 aliphatic rings. The molecule has 4 rings (SSSR count). The number of rotatable bonds is 3. The summed E-state index contributed by atoms with van der Waals surface area (Å²) in [5, 5.41) is 2.57. The molecule has 2 aromatic carbocycles. The lowest BCUT2D eigenvalue weighted by atomic mass is 10.1. The number of hydrogen-bond donors (Lipinski definition) is 0. The van der Waals surface area contributed by atoms with Crippen molar-refractivity contribution < 1.29 is 4.79 Å². The number of thiophene rings is 1. The summed E-state index contributed by atoms with van der Waals surface area (Å²) in [6, 6.07) is 18.9. The van der Waals surface area contributed by atoms with Gasteiger partial charge in [-0.15, -0.1) is 11.3 Å². The summed E-state index contributed by atoms with van der Waals surface area (Å²) in [5.41, 5.74) is 3.07. The highest BCUT2D eigenvalue weighted by atomic mass is 32.1. The fraction of sp³-hybridized carbons (Fsp3) is 0.100. The molecule has 0 fully saturated rings. The van der Waals surface area contributed by atoms with Crippen molar-refractivity contribution in [3.8, 4) is 11.3 Å². The molecule has 0 aliphatic heterocycles. The molecule has 112 valence electrons. The Morgan fingerprint density at radius 3 is 2.61 bits per heavy atom. The zero-order valence-electron chi connectivity index (χ0n) is 12.7. The largest absolute Gasteiger partial charge is 0.300 e. The van der Waals surface area contributed by atoms with E-state index in [1.807, 2.05) is 18.3 Å². The SMILES string of the molecule is CC(=O)Cc1ccc(-c2cccc3c2sc2ccccc23)nc1. The lowest BCUT2D eigenvalue weighted by Crippen LogP contribution is -1.97. The highest BCUT2D eigenvalue weighted by Crippen LogP contribution is 2.39. The first kappa shape index (κ1) is 14.1. The molecule has 0 atom stereocenters. The van der Waals surface area contributed by atoms with Gasteiger partial charge in [-0.3, -0.25) is 9.78 Å². The molecule has 0 saturated carbocycles. The fourth-order valence-corrected chi connectivity index (χ4v) is 4.15. The number of Topliss-reactive ketones (excluding diaryl/α,β-unsaturated/α-hetero) is 1. The molecule has 0 spiro atoms. The number of ketones is 1. The number of pyridine rings is 1. The molecular formula is C20H15NOS. The van der Waals surface area contributed by atoms with E-state index in [1.165, 1.54) is 20.2 Å². The van der Waals surface area contributed by atoms with Crippen molar-refractivity contribution in [2.24, 2.45) is 0 Å². The molecule has 0 N–H and O–H groups in total. The standard InChI is InChI=1S/C20H15NOS/c1-13(22)11-14-9-10-18(21-12-14)17-7-4-6-16-15-5-2-3-8-19(15)23-20(16)17/h2-10,12H,11H2,1H3. The third-order valence-electron chi connectivity index (χ3n) is 3.96. The van der Waals surface area contributed by atoms with E-state index in [-0.39, 0.29) is 5.78 Å². The Morgan fingerprint density at radius 1 is 1.00 bits per heavy atom. The average Bonchev–Trinajstić information content (AvgIpc) is 2.94. The van der Waals surface area contributed by atoms with Gasteiger partial charge in [0.2, 0.25) is 0 Å². The summed E-state index contributed by atoms with van der Waals surface area (Å²) in [5.74, 6) is 0.158. The third kappa shape index (κ3) is 2.53. The second-order valence-corrected chi connectivity index (χ2v) is 6.76. The molecule has 4 aromatic rings. The minimum absolute atomic E-state index is 0.158. The number of aromatic nitrogens is 1. The minimum Gasteiger partial charge on any atom is -0.300 e. The summed E-state index contributed by atoms with van der Waals surface area (Å²) in [7, 11) is 0. The van der Waals surface area contributed by atoms with Gasteiger partial charge in [-0.25, -0.2) is 0 Å². The van der Waals surface area contributed by atoms with Gasteiger partial charge in [0.05, 0.1) is 5.69 Å². The topological polar surface area (TPSA) is 30.0 Å². The Labute approximate surface area is 138 Å². The van der Waals surface area contributed by atoms with E-state index >= 15 is 0 Å². The summed E-state index contributed by atoms with van der Waals surface area (Å²) in [6.07, 6.45) is 2.25. The Morgan fingerprint density at radius 2 is 1.83 bits per heavy atom. The Bertz CT molecular complexity index is 1010. The van der Waals surface area contributed by atoms with Gasteiger partial charge in [-0.05, 0) is 24.6 Å². The maximum Gasteiger partial charge on any atom is 0.134 e. The predicted molar refractivity (Wildman–Crippen MR) is 96.9 cm³/mol. The number of fused-ring (bicyclic) bond motifs is 3. The second-order valence-electron chi connectivity index (χ2n) is 5.71. The van der Waals surface area contributed by atoms with Crippen LogP contribution in [0.3, 0.4) is 0 Å². The van der Waals surface area contributed by atoms with Crippen molar-refractivity contribution >= 4 is 37.3 Å². The van der Waals surface area contributed by atoms with E-state index in [4.69, 9.17) is 0 Å². The van der Waals surface area contributed by atoms with Crippen LogP contribution in [-0.4, -0.2) is 10.8 Å². The van der Waals surface area contributed by atoms with Gasteiger partial charge in [0, 0.05) is 38.4 Å². The van der Waals surface area contributed by atoms with Crippen molar-refractivity contribution in [1.82, 2.24) is 4.98 Å². The van der Waals surface area contributed by atoms with Crippen LogP contribution in [-0.2, 0) is 11.2 Å². The summed E-state index contributed by atoms with van der Waals surface area (Å²) in [4.78, 5) is 15.8. The monoisotopic (exact) mass is 317 g/mol.